The number of anilines is 2. The fraction of sp³-hybridized carbons (Fsp3) is 0.459. The van der Waals surface area contributed by atoms with Crippen molar-refractivity contribution in [1.29, 1.82) is 0 Å². The van der Waals surface area contributed by atoms with Crippen LogP contribution in [-0.4, -0.2) is 109 Å². The minimum atomic E-state index is -4.76. The number of H-pyrrole nitrogens is 1. The van der Waals surface area contributed by atoms with Gasteiger partial charge in [-0.2, -0.15) is 0 Å². The highest BCUT2D eigenvalue weighted by Crippen LogP contribution is 2.54. The summed E-state index contributed by atoms with van der Waals surface area (Å²) in [4.78, 5) is 32.9. The predicted octanol–water partition coefficient (Wildman–Crippen LogP) is 10.00. The van der Waals surface area contributed by atoms with Gasteiger partial charge in [0.15, 0.2) is 11.5 Å². The van der Waals surface area contributed by atoms with Gasteiger partial charge in [-0.15, -0.1) is 0 Å². The number of rotatable bonds is 17. The van der Waals surface area contributed by atoms with E-state index in [0.717, 1.165) is 76.3 Å². The Hall–Kier alpha value is -6.55. The van der Waals surface area contributed by atoms with Crippen molar-refractivity contribution >= 4 is 49.9 Å². The molecule has 2 saturated carbocycles. The maximum Gasteiger partial charge on any atom is 0.268 e. The number of piperazine rings is 1. The number of amides is 1. The standard InChI is InChI=1S/C61H72F3N9O7S/c1-37(2)45-8-6-7-9-46(45)51-35-71(34-40-10-14-44(15-11-40)79-38(3)62)26-27-73(51)43-31-61(32-43)22-24-72(25-23-61)42-13-16-47(52(29-42)80-59-49(64)28-41-12-17-48(63)54(41)68-59)58(74)69-81(77,78)53-30-50(70(5)76)55(57-56(53)66-36-67-57)65-33-39-18-20-60(4,75)21-19-39/h6-11,13-17,28-30,36-39,43,51,65,70,75H,12,18-27,31-35H2,1-5H3,(H,66,67)(H,69,74)/t38?,39-,51-,60-/m0/s1. The molecule has 5 aliphatic rings. The van der Waals surface area contributed by atoms with E-state index in [1.165, 1.54) is 49.6 Å². The van der Waals surface area contributed by atoms with Gasteiger partial charge in [0.2, 0.25) is 6.36 Å². The van der Waals surface area contributed by atoms with Crippen LogP contribution in [0, 0.1) is 22.4 Å². The number of allylic oxidation sites excluding steroid dienone is 1. The van der Waals surface area contributed by atoms with E-state index < -0.39 is 55.4 Å². The largest absolute Gasteiger partial charge is 0.629 e. The number of alkyl halides is 1. The third-order valence-electron chi connectivity index (χ3n) is 17.6. The first-order valence-electron chi connectivity index (χ1n) is 28.4. The Labute approximate surface area is 471 Å². The van der Waals surface area contributed by atoms with E-state index in [1.54, 1.807) is 12.1 Å². The number of benzene rings is 4. The number of carbonyl (C=O) groups excluding carboxylic acids is 1. The molecule has 430 valence electrons. The highest BCUT2D eigenvalue weighted by molar-refractivity contribution is 7.90. The molecule has 2 unspecified atom stereocenters. The molecular formula is C61H72F3N9O7S. The summed E-state index contributed by atoms with van der Waals surface area (Å²) in [6, 6.07) is 24.1. The maximum absolute atomic E-state index is 15.8. The number of nitrogens with one attached hydrogen (secondary N) is 4. The third-order valence-corrected chi connectivity index (χ3v) is 18.9. The van der Waals surface area contributed by atoms with E-state index in [-0.39, 0.29) is 57.5 Å². The number of sulfonamides is 1. The molecule has 5 N–H and O–H groups in total. The lowest BCUT2D eigenvalue weighted by atomic mass is 9.59. The lowest BCUT2D eigenvalue weighted by molar-refractivity contribution is -0.750. The molecule has 4 aromatic carbocycles. The lowest BCUT2D eigenvalue weighted by Crippen LogP contribution is -2.98. The van der Waals surface area contributed by atoms with Crippen molar-refractivity contribution in [3.63, 3.8) is 0 Å². The minimum Gasteiger partial charge on any atom is -0.629 e. The van der Waals surface area contributed by atoms with Crippen LogP contribution in [0.15, 0.2) is 96.2 Å². The summed E-state index contributed by atoms with van der Waals surface area (Å²) < 4.78 is 86.6. The quantitative estimate of drug-likeness (QED) is 0.0543. The number of fused-ring (bicyclic) bond motifs is 2. The number of aromatic amines is 1. The second-order valence-corrected chi connectivity index (χ2v) is 25.3. The number of aromatic nitrogens is 3. The van der Waals surface area contributed by atoms with Crippen LogP contribution in [0.1, 0.15) is 129 Å². The average molecular weight is 1130 g/mol. The molecule has 4 heterocycles. The average Bonchev–Trinajstić information content (AvgIpc) is 4.21. The van der Waals surface area contributed by atoms with Crippen LogP contribution >= 0.6 is 0 Å². The number of nitrogens with zero attached hydrogens (tertiary/aromatic N) is 5. The Morgan fingerprint density at radius 2 is 1.72 bits per heavy atom. The predicted molar refractivity (Wildman–Crippen MR) is 305 cm³/mol. The molecule has 20 heteroatoms. The highest BCUT2D eigenvalue weighted by atomic mass is 32.2. The van der Waals surface area contributed by atoms with Crippen LogP contribution in [0.5, 0.6) is 17.4 Å². The second kappa shape index (κ2) is 22.7. The Morgan fingerprint density at radius 1 is 0.975 bits per heavy atom. The Kier molecular flexibility index (Phi) is 15.8. The Bertz CT molecular complexity index is 3440. The molecule has 16 nitrogen and oxygen atoms in total. The zero-order chi connectivity index (χ0) is 57.0. The van der Waals surface area contributed by atoms with Crippen molar-refractivity contribution in [3.8, 4) is 17.4 Å². The summed E-state index contributed by atoms with van der Waals surface area (Å²) in [7, 11) is -3.43. The fourth-order valence-electron chi connectivity index (χ4n) is 13.0. The van der Waals surface area contributed by atoms with Crippen molar-refractivity contribution in [3.05, 3.63) is 136 Å². The van der Waals surface area contributed by atoms with Gasteiger partial charge in [-0.3, -0.25) is 14.6 Å². The SMILES string of the molecule is CC(F)Oc1ccc(CN2CCN(C3CC4(CCN(c5ccc(C(=O)NS(=O)(=O)c6cc([NH+](C)[O-])c(NC[C@H]7CC[C@](C)(O)CC7)c7[nH]cnc67)c(Oc6nc7c(cc6F)CC=C7F)c5)CC4)C3)[C@H](c3ccccc3C(C)C)C2)cc1. The molecule has 2 aliphatic heterocycles. The third kappa shape index (κ3) is 11.9. The van der Waals surface area contributed by atoms with Gasteiger partial charge in [-0.05, 0) is 141 Å². The number of halogens is 3. The normalized spacial score (nSPS) is 22.3. The molecule has 81 heavy (non-hydrogen) atoms. The number of hydroxylamine groups is 1. The summed E-state index contributed by atoms with van der Waals surface area (Å²) in [6.07, 6.45) is 8.10. The van der Waals surface area contributed by atoms with Crippen molar-refractivity contribution in [2.45, 2.75) is 127 Å². The van der Waals surface area contributed by atoms with Crippen molar-refractivity contribution in [2.75, 3.05) is 56.5 Å². The van der Waals surface area contributed by atoms with Crippen LogP contribution in [0.25, 0.3) is 16.9 Å². The van der Waals surface area contributed by atoms with Gasteiger partial charge in [-0.25, -0.2) is 36.3 Å². The van der Waals surface area contributed by atoms with Gasteiger partial charge in [0, 0.05) is 82.6 Å². The number of imidazole rings is 1. The van der Waals surface area contributed by atoms with Gasteiger partial charge in [-0.1, -0.05) is 50.2 Å². The maximum atomic E-state index is 15.8. The van der Waals surface area contributed by atoms with Gasteiger partial charge in [0.25, 0.3) is 21.8 Å². The van der Waals surface area contributed by atoms with Crippen LogP contribution in [0.3, 0.4) is 0 Å². The van der Waals surface area contributed by atoms with E-state index in [4.69, 9.17) is 9.47 Å². The molecule has 0 radical (unpaired) electrons. The minimum absolute atomic E-state index is 0.00264. The summed E-state index contributed by atoms with van der Waals surface area (Å²) in [6.45, 7) is 13.0. The second-order valence-electron chi connectivity index (χ2n) is 23.7. The smallest absolute Gasteiger partial charge is 0.268 e. The number of quaternary nitrogens is 1. The van der Waals surface area contributed by atoms with E-state index in [2.05, 4.69) is 77.8 Å². The van der Waals surface area contributed by atoms with Gasteiger partial charge < -0.3 is 40.1 Å². The molecule has 2 saturated heterocycles. The summed E-state index contributed by atoms with van der Waals surface area (Å²) >= 11 is 0. The number of ether oxygens (including phenoxy) is 2. The number of hydrogen-bond donors (Lipinski definition) is 5. The molecule has 3 aliphatic carbocycles. The van der Waals surface area contributed by atoms with Gasteiger partial charge in [0.1, 0.15) is 39.1 Å². The first-order valence-corrected chi connectivity index (χ1v) is 29.8. The lowest BCUT2D eigenvalue weighted by Gasteiger charge is -2.58. The first kappa shape index (κ1) is 56.3. The number of hydrogen-bond acceptors (Lipinski definition) is 13. The molecule has 1 spiro atoms. The molecule has 11 rings (SSSR count). The topological polar surface area (TPSA) is 193 Å². The van der Waals surface area contributed by atoms with Crippen molar-refractivity contribution in [2.24, 2.45) is 11.3 Å². The Balaban J connectivity index is 0.810. The van der Waals surface area contributed by atoms with E-state index in [9.17, 15) is 32.3 Å². The van der Waals surface area contributed by atoms with Crippen molar-refractivity contribution in [1.82, 2.24) is 29.5 Å². The zero-order valence-corrected chi connectivity index (χ0v) is 47.4. The zero-order valence-electron chi connectivity index (χ0n) is 46.5. The monoisotopic (exact) mass is 1130 g/mol. The van der Waals surface area contributed by atoms with E-state index >= 15 is 4.39 Å². The van der Waals surface area contributed by atoms with Crippen molar-refractivity contribution < 1.29 is 46.0 Å². The van der Waals surface area contributed by atoms with Crippen LogP contribution in [0.2, 0.25) is 0 Å². The van der Waals surface area contributed by atoms with E-state index in [0.29, 0.717) is 67.1 Å². The van der Waals surface area contributed by atoms with E-state index in [1.807, 2.05) is 31.2 Å². The number of aliphatic hydroxyl groups is 1. The van der Waals surface area contributed by atoms with Gasteiger partial charge >= 0.3 is 0 Å². The highest BCUT2D eigenvalue weighted by Gasteiger charge is 2.50. The van der Waals surface area contributed by atoms with Crippen LogP contribution < -0.4 is 29.5 Å². The molecule has 1 amide bonds. The molecule has 6 aromatic rings. The molecule has 2 aromatic heterocycles. The summed E-state index contributed by atoms with van der Waals surface area (Å²) in [5.74, 6) is -2.33. The Morgan fingerprint density at radius 3 is 2.43 bits per heavy atom. The number of piperidine rings is 1. The molecular weight excluding hydrogens is 1060 g/mol. The first-order chi connectivity index (χ1) is 38.7. The molecule has 4 fully saturated rings. The van der Waals surface area contributed by atoms with Crippen LogP contribution in [0.4, 0.5) is 30.2 Å². The van der Waals surface area contributed by atoms with Gasteiger partial charge in [0.05, 0.1) is 30.1 Å². The number of pyridine rings is 1. The summed E-state index contributed by atoms with van der Waals surface area (Å²) in [5.41, 5.74) is 4.64. The molecule has 3 atom stereocenters. The fourth-order valence-corrected chi connectivity index (χ4v) is 14.2. The summed E-state index contributed by atoms with van der Waals surface area (Å²) in [5, 5.41) is 26.6. The number of carbonyl (C=O) groups is 1. The molecule has 0 bridgehead atoms. The van der Waals surface area contributed by atoms with Crippen LogP contribution in [-0.2, 0) is 23.0 Å².